The molecule has 1 N–H and O–H groups in total. The van der Waals surface area contributed by atoms with Crippen LogP contribution in [0.25, 0.3) is 0 Å². The van der Waals surface area contributed by atoms with E-state index in [1.54, 1.807) is 18.5 Å². The quantitative estimate of drug-likeness (QED) is 0.931. The maximum absolute atomic E-state index is 8.81. The van der Waals surface area contributed by atoms with Crippen LogP contribution in [0.5, 0.6) is 0 Å². The lowest BCUT2D eigenvalue weighted by molar-refractivity contribution is 0.509. The second-order valence-corrected chi connectivity index (χ2v) is 4.78. The smallest absolute Gasteiger partial charge is 0.146 e. The fourth-order valence-electron chi connectivity index (χ4n) is 1.73. The topological polar surface area (TPSA) is 66.5 Å². The molecule has 0 amide bonds. The van der Waals surface area contributed by atoms with Crippen molar-refractivity contribution >= 4 is 17.3 Å². The Bertz CT molecular complexity index is 612. The minimum absolute atomic E-state index is 0.267. The zero-order valence-corrected chi connectivity index (χ0v) is 11.5. The summed E-state index contributed by atoms with van der Waals surface area (Å²) >= 11 is 5.98. The third-order valence-electron chi connectivity index (χ3n) is 2.68. The van der Waals surface area contributed by atoms with E-state index < -0.39 is 0 Å². The van der Waals surface area contributed by atoms with Crippen LogP contribution in [0.3, 0.4) is 0 Å². The molecule has 5 nitrogen and oxygen atoms in total. The van der Waals surface area contributed by atoms with Crippen LogP contribution in [0, 0.1) is 11.3 Å². The first-order valence-corrected chi connectivity index (χ1v) is 6.31. The van der Waals surface area contributed by atoms with E-state index >= 15 is 0 Å². The molecule has 2 aromatic rings. The van der Waals surface area contributed by atoms with E-state index in [-0.39, 0.29) is 6.04 Å². The van der Waals surface area contributed by atoms with Gasteiger partial charge in [-0.1, -0.05) is 11.6 Å². The van der Waals surface area contributed by atoms with Gasteiger partial charge in [-0.3, -0.25) is 0 Å². The summed E-state index contributed by atoms with van der Waals surface area (Å²) in [6.45, 7) is 4.66. The number of benzene rings is 1. The van der Waals surface area contributed by atoms with E-state index in [1.165, 1.54) is 0 Å². The van der Waals surface area contributed by atoms with Gasteiger partial charge in [-0.15, -0.1) is 0 Å². The highest BCUT2D eigenvalue weighted by atomic mass is 35.5. The molecule has 1 aromatic carbocycles. The molecule has 1 heterocycles. The number of anilines is 1. The van der Waals surface area contributed by atoms with Gasteiger partial charge in [0.1, 0.15) is 18.2 Å². The second-order valence-electron chi connectivity index (χ2n) is 4.37. The largest absolute Gasteiger partial charge is 0.378 e. The van der Waals surface area contributed by atoms with Gasteiger partial charge in [0.25, 0.3) is 0 Å². The first-order chi connectivity index (χ1) is 9.11. The van der Waals surface area contributed by atoms with Crippen molar-refractivity contribution in [3.05, 3.63) is 40.9 Å². The summed E-state index contributed by atoms with van der Waals surface area (Å²) < 4.78 is 1.86. The van der Waals surface area contributed by atoms with Crippen molar-refractivity contribution in [2.24, 2.45) is 0 Å². The van der Waals surface area contributed by atoms with Crippen molar-refractivity contribution < 1.29 is 0 Å². The molecule has 0 bridgehead atoms. The van der Waals surface area contributed by atoms with Gasteiger partial charge in [0, 0.05) is 11.7 Å². The monoisotopic (exact) mass is 275 g/mol. The number of hydrogen-bond acceptors (Lipinski definition) is 4. The summed E-state index contributed by atoms with van der Waals surface area (Å²) in [6.07, 6.45) is 1.54. The molecule has 0 atom stereocenters. The molecule has 98 valence electrons. The van der Waals surface area contributed by atoms with Crippen molar-refractivity contribution in [1.29, 1.82) is 5.26 Å². The highest BCUT2D eigenvalue weighted by molar-refractivity contribution is 6.32. The molecule has 0 radical (unpaired) electrons. The summed E-state index contributed by atoms with van der Waals surface area (Å²) in [7, 11) is 0. The summed E-state index contributed by atoms with van der Waals surface area (Å²) in [5, 5.41) is 16.6. The minimum Gasteiger partial charge on any atom is -0.378 e. The molecule has 0 saturated carbocycles. The summed E-state index contributed by atoms with van der Waals surface area (Å²) in [5.74, 6) is 0.857. The van der Waals surface area contributed by atoms with Crippen molar-refractivity contribution in [3.63, 3.8) is 0 Å². The molecule has 6 heteroatoms. The lowest BCUT2D eigenvalue weighted by atomic mass is 10.2. The van der Waals surface area contributed by atoms with Crippen molar-refractivity contribution in [2.75, 3.05) is 5.32 Å². The van der Waals surface area contributed by atoms with Gasteiger partial charge in [-0.2, -0.15) is 10.4 Å². The predicted octanol–water partition coefficient (Wildman–Crippen LogP) is 3.00. The van der Waals surface area contributed by atoms with Crippen molar-refractivity contribution in [2.45, 2.75) is 26.4 Å². The maximum atomic E-state index is 8.81. The average molecular weight is 276 g/mol. The number of rotatable bonds is 4. The first-order valence-electron chi connectivity index (χ1n) is 5.93. The van der Waals surface area contributed by atoms with E-state index in [0.717, 1.165) is 11.5 Å². The Morgan fingerprint density at radius 1 is 1.47 bits per heavy atom. The molecule has 0 spiro atoms. The van der Waals surface area contributed by atoms with Gasteiger partial charge in [0.15, 0.2) is 0 Å². The predicted molar refractivity (Wildman–Crippen MR) is 73.9 cm³/mol. The highest BCUT2D eigenvalue weighted by Crippen LogP contribution is 2.20. The Morgan fingerprint density at radius 3 is 2.89 bits per heavy atom. The van der Waals surface area contributed by atoms with Gasteiger partial charge in [0.2, 0.25) is 0 Å². The Labute approximate surface area is 116 Å². The van der Waals surface area contributed by atoms with Crippen LogP contribution in [-0.4, -0.2) is 14.8 Å². The number of aromatic nitrogens is 3. The standard InChI is InChI=1S/C13H14ClN5/c1-9(2)19-13(17-8-18-19)7-16-11-4-3-10(6-15)12(14)5-11/h3-5,8-9,16H,7H2,1-2H3. The van der Waals surface area contributed by atoms with Crippen LogP contribution < -0.4 is 5.32 Å². The molecule has 0 saturated heterocycles. The third-order valence-corrected chi connectivity index (χ3v) is 2.99. The zero-order valence-electron chi connectivity index (χ0n) is 10.8. The Kier molecular flexibility index (Phi) is 4.03. The minimum atomic E-state index is 0.267. The molecule has 0 fully saturated rings. The van der Waals surface area contributed by atoms with Crippen LogP contribution in [0.1, 0.15) is 31.3 Å². The van der Waals surface area contributed by atoms with Gasteiger partial charge in [-0.05, 0) is 32.0 Å². The number of nitrogens with zero attached hydrogens (tertiary/aromatic N) is 4. The summed E-state index contributed by atoms with van der Waals surface area (Å²) in [6, 6.07) is 7.54. The van der Waals surface area contributed by atoms with Crippen LogP contribution in [0.15, 0.2) is 24.5 Å². The fourth-order valence-corrected chi connectivity index (χ4v) is 1.95. The summed E-state index contributed by atoms with van der Waals surface area (Å²) in [4.78, 5) is 4.21. The van der Waals surface area contributed by atoms with Crippen LogP contribution >= 0.6 is 11.6 Å². The van der Waals surface area contributed by atoms with Crippen molar-refractivity contribution in [3.8, 4) is 6.07 Å². The Hall–Kier alpha value is -2.06. The molecule has 2 rings (SSSR count). The van der Waals surface area contributed by atoms with E-state index in [2.05, 4.69) is 29.2 Å². The number of halogens is 1. The maximum Gasteiger partial charge on any atom is 0.146 e. The van der Waals surface area contributed by atoms with Gasteiger partial charge in [0.05, 0.1) is 17.1 Å². The van der Waals surface area contributed by atoms with Crippen LogP contribution in [-0.2, 0) is 6.54 Å². The zero-order chi connectivity index (χ0) is 13.8. The van der Waals surface area contributed by atoms with E-state index in [0.29, 0.717) is 17.1 Å². The molecule has 0 aliphatic heterocycles. The lowest BCUT2D eigenvalue weighted by Gasteiger charge is -2.11. The van der Waals surface area contributed by atoms with Gasteiger partial charge >= 0.3 is 0 Å². The summed E-state index contributed by atoms with van der Waals surface area (Å²) in [5.41, 5.74) is 1.32. The number of hydrogen-bond donors (Lipinski definition) is 1. The molecule has 19 heavy (non-hydrogen) atoms. The van der Waals surface area contributed by atoms with E-state index in [4.69, 9.17) is 16.9 Å². The highest BCUT2D eigenvalue weighted by Gasteiger charge is 2.07. The van der Waals surface area contributed by atoms with Crippen LogP contribution in [0.2, 0.25) is 5.02 Å². The van der Waals surface area contributed by atoms with Crippen LogP contribution in [0.4, 0.5) is 5.69 Å². The molecule has 0 unspecified atom stereocenters. The Balaban J connectivity index is 2.09. The fraction of sp³-hybridized carbons (Fsp3) is 0.308. The van der Waals surface area contributed by atoms with Gasteiger partial charge < -0.3 is 5.32 Å². The van der Waals surface area contributed by atoms with Gasteiger partial charge in [-0.25, -0.2) is 9.67 Å². The molecule has 1 aromatic heterocycles. The molecule has 0 aliphatic rings. The third kappa shape index (κ3) is 3.04. The second kappa shape index (κ2) is 5.72. The number of nitriles is 1. The first kappa shape index (κ1) is 13.4. The molecule has 0 aliphatic carbocycles. The van der Waals surface area contributed by atoms with E-state index in [1.807, 2.05) is 16.8 Å². The normalized spacial score (nSPS) is 10.5. The molecular formula is C13H14ClN5. The number of nitrogens with one attached hydrogen (secondary N) is 1. The average Bonchev–Trinajstić information content (AvgIpc) is 2.85. The van der Waals surface area contributed by atoms with E-state index in [9.17, 15) is 0 Å². The SMILES string of the molecule is CC(C)n1ncnc1CNc1ccc(C#N)c(Cl)c1. The Morgan fingerprint density at radius 2 is 2.26 bits per heavy atom. The van der Waals surface area contributed by atoms with Crippen molar-refractivity contribution in [1.82, 2.24) is 14.8 Å². The molecular weight excluding hydrogens is 262 g/mol. The lowest BCUT2D eigenvalue weighted by Crippen LogP contribution is -2.12.